The van der Waals surface area contributed by atoms with E-state index in [1.807, 2.05) is 0 Å². The van der Waals surface area contributed by atoms with Crippen LogP contribution < -0.4 is 0 Å². The highest BCUT2D eigenvalue weighted by molar-refractivity contribution is 9.10. The van der Waals surface area contributed by atoms with E-state index in [0.29, 0.717) is 0 Å². The smallest absolute Gasteiger partial charge is 0.0767 e. The van der Waals surface area contributed by atoms with Gasteiger partial charge >= 0.3 is 0 Å². The average Bonchev–Trinajstić information content (AvgIpc) is 2.68. The zero-order valence-corrected chi connectivity index (χ0v) is 12.2. The molecule has 5 heteroatoms. The van der Waals surface area contributed by atoms with Crippen LogP contribution in [0.3, 0.4) is 0 Å². The molecule has 0 atom stereocenters. The lowest BCUT2D eigenvalue weighted by atomic mass is 10.3. The second kappa shape index (κ2) is 5.98. The molecule has 2 heterocycles. The van der Waals surface area contributed by atoms with Crippen molar-refractivity contribution in [3.63, 3.8) is 0 Å². The maximum Gasteiger partial charge on any atom is 0.0767 e. The van der Waals surface area contributed by atoms with Gasteiger partial charge in [-0.3, -0.25) is 9.58 Å². The maximum atomic E-state index is 5.37. The van der Waals surface area contributed by atoms with E-state index in [9.17, 15) is 0 Å². The Kier molecular flexibility index (Phi) is 4.59. The first kappa shape index (κ1) is 13.1. The first-order valence-corrected chi connectivity index (χ1v) is 7.09. The summed E-state index contributed by atoms with van der Waals surface area (Å²) < 4.78 is 8.67. The molecule has 1 aliphatic rings. The molecule has 0 spiro atoms. The molecule has 4 nitrogen and oxygen atoms in total. The van der Waals surface area contributed by atoms with Crippen molar-refractivity contribution in [1.82, 2.24) is 14.7 Å². The molecule has 0 N–H and O–H groups in total. The van der Waals surface area contributed by atoms with Gasteiger partial charge in [0.1, 0.15) is 0 Å². The Balaban J connectivity index is 2.15. The fourth-order valence-corrected chi connectivity index (χ4v) is 2.83. The summed E-state index contributed by atoms with van der Waals surface area (Å²) in [6.07, 6.45) is 0.976. The molecule has 1 aliphatic heterocycles. The molecule has 17 heavy (non-hydrogen) atoms. The quantitative estimate of drug-likeness (QED) is 0.853. The van der Waals surface area contributed by atoms with Gasteiger partial charge in [0.25, 0.3) is 0 Å². The van der Waals surface area contributed by atoms with Gasteiger partial charge in [-0.25, -0.2) is 0 Å². The molecule has 1 fully saturated rings. The van der Waals surface area contributed by atoms with Crippen LogP contribution in [0.15, 0.2) is 4.47 Å². The number of aromatic nitrogens is 2. The summed E-state index contributed by atoms with van der Waals surface area (Å²) >= 11 is 3.69. The number of halogens is 1. The Labute approximate surface area is 111 Å². The first-order chi connectivity index (χ1) is 8.26. The minimum Gasteiger partial charge on any atom is -0.379 e. The summed E-state index contributed by atoms with van der Waals surface area (Å²) in [4.78, 5) is 2.43. The molecule has 0 bridgehead atoms. The van der Waals surface area contributed by atoms with E-state index in [1.165, 1.54) is 10.2 Å². The van der Waals surface area contributed by atoms with Gasteiger partial charge in [0.05, 0.1) is 29.1 Å². The number of ether oxygens (including phenoxy) is 1. The Bertz CT molecular complexity index is 372. The summed E-state index contributed by atoms with van der Waals surface area (Å²) in [5.41, 5.74) is 2.46. The van der Waals surface area contributed by atoms with Gasteiger partial charge in [-0.2, -0.15) is 5.10 Å². The zero-order valence-electron chi connectivity index (χ0n) is 10.6. The van der Waals surface area contributed by atoms with Crippen LogP contribution in [0.1, 0.15) is 25.2 Å². The van der Waals surface area contributed by atoms with Crippen molar-refractivity contribution in [2.24, 2.45) is 0 Å². The van der Waals surface area contributed by atoms with E-state index in [4.69, 9.17) is 4.74 Å². The summed E-state index contributed by atoms with van der Waals surface area (Å²) in [5, 5.41) is 4.62. The number of hydrogen-bond acceptors (Lipinski definition) is 3. The molecule has 2 rings (SSSR count). The van der Waals surface area contributed by atoms with Gasteiger partial charge < -0.3 is 4.74 Å². The third-order valence-corrected chi connectivity index (χ3v) is 4.09. The number of aryl methyl sites for hydroxylation is 2. The van der Waals surface area contributed by atoms with Gasteiger partial charge in [-0.1, -0.05) is 6.92 Å². The molecule has 96 valence electrons. The number of hydrogen-bond donors (Lipinski definition) is 0. The van der Waals surface area contributed by atoms with Crippen molar-refractivity contribution in [1.29, 1.82) is 0 Å². The van der Waals surface area contributed by atoms with Crippen molar-refractivity contribution < 1.29 is 4.74 Å². The number of rotatable bonds is 4. The summed E-state index contributed by atoms with van der Waals surface area (Å²) in [6, 6.07) is 0. The van der Waals surface area contributed by atoms with Gasteiger partial charge in [-0.15, -0.1) is 0 Å². The van der Waals surface area contributed by atoms with Crippen LogP contribution in [0.5, 0.6) is 0 Å². The van der Waals surface area contributed by atoms with Crippen LogP contribution >= 0.6 is 15.9 Å². The van der Waals surface area contributed by atoms with E-state index < -0.39 is 0 Å². The standard InChI is InChI=1S/C12H20BrN3O/c1-3-10-12(13)11(16(4-2)14-10)9-15-5-7-17-8-6-15/h3-9H2,1-2H3. The Morgan fingerprint density at radius 2 is 2.00 bits per heavy atom. The highest BCUT2D eigenvalue weighted by Crippen LogP contribution is 2.23. The molecule has 0 aromatic carbocycles. The lowest BCUT2D eigenvalue weighted by Crippen LogP contribution is -2.36. The lowest BCUT2D eigenvalue weighted by molar-refractivity contribution is 0.0329. The number of morpholine rings is 1. The third kappa shape index (κ3) is 2.89. The molecule has 0 unspecified atom stereocenters. The van der Waals surface area contributed by atoms with Crippen LogP contribution in [0.4, 0.5) is 0 Å². The topological polar surface area (TPSA) is 30.3 Å². The highest BCUT2D eigenvalue weighted by Gasteiger charge is 2.18. The molecule has 1 aromatic heterocycles. The van der Waals surface area contributed by atoms with E-state index in [2.05, 4.69) is 44.5 Å². The largest absolute Gasteiger partial charge is 0.379 e. The molecule has 1 saturated heterocycles. The predicted molar refractivity (Wildman–Crippen MR) is 71.1 cm³/mol. The van der Waals surface area contributed by atoms with Gasteiger partial charge in [0.2, 0.25) is 0 Å². The van der Waals surface area contributed by atoms with Crippen LogP contribution in [-0.4, -0.2) is 41.0 Å². The molecule has 0 saturated carbocycles. The van der Waals surface area contributed by atoms with Crippen molar-refractivity contribution in [3.05, 3.63) is 15.9 Å². The summed E-state index contributed by atoms with van der Waals surface area (Å²) in [5.74, 6) is 0. The van der Waals surface area contributed by atoms with E-state index in [1.54, 1.807) is 0 Å². The minimum absolute atomic E-state index is 0.846. The fraction of sp³-hybridized carbons (Fsp3) is 0.750. The SMILES string of the molecule is CCc1nn(CC)c(CN2CCOCC2)c1Br. The monoisotopic (exact) mass is 301 g/mol. The van der Waals surface area contributed by atoms with Gasteiger partial charge in [0, 0.05) is 26.2 Å². The van der Waals surface area contributed by atoms with Crippen LogP contribution in [0.2, 0.25) is 0 Å². The van der Waals surface area contributed by atoms with Crippen molar-refractivity contribution in [3.8, 4) is 0 Å². The normalized spacial score (nSPS) is 17.6. The second-order valence-electron chi connectivity index (χ2n) is 4.27. The van der Waals surface area contributed by atoms with Crippen LogP contribution in [-0.2, 0) is 24.2 Å². The average molecular weight is 302 g/mol. The van der Waals surface area contributed by atoms with E-state index in [-0.39, 0.29) is 0 Å². The zero-order chi connectivity index (χ0) is 12.3. The molecule has 0 amide bonds. The van der Waals surface area contributed by atoms with Gasteiger partial charge in [0.15, 0.2) is 0 Å². The van der Waals surface area contributed by atoms with Crippen molar-refractivity contribution >= 4 is 15.9 Å². The fourth-order valence-electron chi connectivity index (χ4n) is 2.14. The predicted octanol–water partition coefficient (Wildman–Crippen LogP) is 2.06. The Morgan fingerprint density at radius 1 is 1.29 bits per heavy atom. The number of nitrogens with zero attached hydrogens (tertiary/aromatic N) is 3. The second-order valence-corrected chi connectivity index (χ2v) is 5.06. The summed E-state index contributed by atoms with van der Waals surface area (Å²) in [7, 11) is 0. The van der Waals surface area contributed by atoms with Crippen molar-refractivity contribution in [2.75, 3.05) is 26.3 Å². The summed E-state index contributed by atoms with van der Waals surface area (Å²) in [6.45, 7) is 9.90. The highest BCUT2D eigenvalue weighted by atomic mass is 79.9. The maximum absolute atomic E-state index is 5.37. The molecule has 0 aliphatic carbocycles. The van der Waals surface area contributed by atoms with E-state index in [0.717, 1.165) is 51.5 Å². The van der Waals surface area contributed by atoms with E-state index >= 15 is 0 Å². The van der Waals surface area contributed by atoms with Gasteiger partial charge in [-0.05, 0) is 29.3 Å². The Hall–Kier alpha value is -0.390. The molecular formula is C12H20BrN3O. The third-order valence-electron chi connectivity index (χ3n) is 3.17. The minimum atomic E-state index is 0.846. The van der Waals surface area contributed by atoms with Crippen molar-refractivity contribution in [2.45, 2.75) is 33.4 Å². The van der Waals surface area contributed by atoms with Crippen LogP contribution in [0.25, 0.3) is 0 Å². The molecule has 1 aromatic rings. The molecular weight excluding hydrogens is 282 g/mol. The van der Waals surface area contributed by atoms with Crippen LogP contribution in [0, 0.1) is 0 Å². The first-order valence-electron chi connectivity index (χ1n) is 6.30. The lowest BCUT2D eigenvalue weighted by Gasteiger charge is -2.26. The Morgan fingerprint density at radius 3 is 2.59 bits per heavy atom. The molecule has 0 radical (unpaired) electrons.